The lowest BCUT2D eigenvalue weighted by Gasteiger charge is -2.11. The molecule has 0 spiro atoms. The van der Waals surface area contributed by atoms with Gasteiger partial charge in [0.05, 0.1) is 11.9 Å². The third-order valence-corrected chi connectivity index (χ3v) is 5.35. The zero-order valence-corrected chi connectivity index (χ0v) is 19.5. The van der Waals surface area contributed by atoms with Crippen LogP contribution in [-0.4, -0.2) is 27.9 Å². The number of rotatable bonds is 9. The molecule has 2 aromatic carbocycles. The van der Waals surface area contributed by atoms with Crippen LogP contribution >= 0.6 is 0 Å². The number of hydrogen-bond donors (Lipinski definition) is 2. The van der Waals surface area contributed by atoms with E-state index in [0.717, 1.165) is 12.1 Å². The van der Waals surface area contributed by atoms with Gasteiger partial charge in [0.2, 0.25) is 0 Å². The fourth-order valence-electron chi connectivity index (χ4n) is 3.50. The molecular formula is C27H23F3N4O3. The number of aryl methyl sites for hydroxylation is 1. The number of halogens is 3. The molecule has 190 valence electrons. The molecule has 0 aliphatic heterocycles. The fourth-order valence-corrected chi connectivity index (χ4v) is 3.50. The van der Waals surface area contributed by atoms with Gasteiger partial charge in [0.25, 0.3) is 11.8 Å². The first kappa shape index (κ1) is 25.5. The Hall–Kier alpha value is -4.60. The average Bonchev–Trinajstić information content (AvgIpc) is 3.59. The molecule has 0 unspecified atom stereocenters. The summed E-state index contributed by atoms with van der Waals surface area (Å²) in [5.41, 5.74) is -0.287. The van der Waals surface area contributed by atoms with Gasteiger partial charge in [-0.25, -0.2) is 4.98 Å². The zero-order valence-electron chi connectivity index (χ0n) is 19.5. The van der Waals surface area contributed by atoms with Gasteiger partial charge in [-0.3, -0.25) is 9.59 Å². The highest BCUT2D eigenvalue weighted by Crippen LogP contribution is 2.32. The van der Waals surface area contributed by atoms with Crippen molar-refractivity contribution < 1.29 is 27.2 Å². The number of aromatic nitrogens is 2. The summed E-state index contributed by atoms with van der Waals surface area (Å²) in [6, 6.07) is 16.1. The lowest BCUT2D eigenvalue weighted by atomic mass is 10.1. The number of carbonyl (C=O) groups excluding carboxylic acids is 2. The van der Waals surface area contributed by atoms with Gasteiger partial charge in [0, 0.05) is 42.7 Å². The number of carbonyl (C=O) groups is 2. The molecule has 0 saturated carbocycles. The number of alkyl halides is 3. The van der Waals surface area contributed by atoms with Gasteiger partial charge in [-0.15, -0.1) is 0 Å². The van der Waals surface area contributed by atoms with E-state index in [0.29, 0.717) is 25.1 Å². The average molecular weight is 509 g/mol. The molecule has 0 aliphatic carbocycles. The largest absolute Gasteiger partial charge is 0.457 e. The van der Waals surface area contributed by atoms with Gasteiger partial charge in [0.1, 0.15) is 17.2 Å². The molecule has 0 atom stereocenters. The van der Waals surface area contributed by atoms with E-state index < -0.39 is 23.6 Å². The first-order chi connectivity index (χ1) is 17.8. The molecular weight excluding hydrogens is 485 g/mol. The summed E-state index contributed by atoms with van der Waals surface area (Å²) in [4.78, 5) is 29.6. The van der Waals surface area contributed by atoms with Gasteiger partial charge in [-0.05, 0) is 42.8 Å². The molecule has 37 heavy (non-hydrogen) atoms. The zero-order chi connectivity index (χ0) is 26.3. The third-order valence-electron chi connectivity index (χ3n) is 5.35. The van der Waals surface area contributed by atoms with Crippen LogP contribution in [0.5, 0.6) is 0 Å². The Morgan fingerprint density at radius 3 is 2.57 bits per heavy atom. The number of imidazole rings is 1. The Morgan fingerprint density at radius 1 is 1.03 bits per heavy atom. The van der Waals surface area contributed by atoms with Crippen molar-refractivity contribution in [1.29, 1.82) is 0 Å². The SMILES string of the molecule is O=C(NCCCn1ccnc1)/C(=C/c1ccc(-c2cccc(C(F)(F)F)c2)o1)NC(=O)c1ccccc1. The maximum absolute atomic E-state index is 13.1. The summed E-state index contributed by atoms with van der Waals surface area (Å²) in [5.74, 6) is -0.659. The minimum Gasteiger partial charge on any atom is -0.457 e. The van der Waals surface area contributed by atoms with E-state index >= 15 is 0 Å². The van der Waals surface area contributed by atoms with Gasteiger partial charge >= 0.3 is 6.18 Å². The Bertz CT molecular complexity index is 1380. The summed E-state index contributed by atoms with van der Waals surface area (Å²) in [5, 5.41) is 5.36. The Labute approximate surface area is 210 Å². The molecule has 0 saturated heterocycles. The highest BCUT2D eigenvalue weighted by molar-refractivity contribution is 6.05. The topological polar surface area (TPSA) is 89.2 Å². The first-order valence-corrected chi connectivity index (χ1v) is 11.4. The van der Waals surface area contributed by atoms with Crippen molar-refractivity contribution in [3.05, 3.63) is 108 Å². The maximum atomic E-state index is 13.1. The minimum atomic E-state index is -4.49. The molecule has 0 fully saturated rings. The summed E-state index contributed by atoms with van der Waals surface area (Å²) < 4.78 is 46.8. The normalized spacial score (nSPS) is 11.8. The number of hydrogen-bond acceptors (Lipinski definition) is 4. The third kappa shape index (κ3) is 6.97. The van der Waals surface area contributed by atoms with Crippen molar-refractivity contribution in [2.45, 2.75) is 19.1 Å². The summed E-state index contributed by atoms with van der Waals surface area (Å²) in [6.07, 6.45) is 2.62. The van der Waals surface area contributed by atoms with Crippen LogP contribution in [0.25, 0.3) is 17.4 Å². The molecule has 2 N–H and O–H groups in total. The van der Waals surface area contributed by atoms with Gasteiger partial charge in [0.15, 0.2) is 0 Å². The van der Waals surface area contributed by atoms with Gasteiger partial charge < -0.3 is 19.6 Å². The number of amides is 2. The molecule has 0 bridgehead atoms. The first-order valence-electron chi connectivity index (χ1n) is 11.4. The predicted octanol–water partition coefficient (Wildman–Crippen LogP) is 5.14. The Balaban J connectivity index is 1.52. The predicted molar refractivity (Wildman–Crippen MR) is 131 cm³/mol. The molecule has 2 aromatic heterocycles. The molecule has 2 amide bonds. The van der Waals surface area contributed by atoms with Crippen molar-refractivity contribution in [2.75, 3.05) is 6.54 Å². The van der Waals surface area contributed by atoms with Crippen molar-refractivity contribution in [3.8, 4) is 11.3 Å². The molecule has 0 radical (unpaired) electrons. The minimum absolute atomic E-state index is 0.0681. The molecule has 4 rings (SSSR count). The van der Waals surface area contributed by atoms with Crippen LogP contribution in [0, 0.1) is 0 Å². The van der Waals surface area contributed by atoms with Crippen LogP contribution in [0.1, 0.15) is 28.1 Å². The van der Waals surface area contributed by atoms with Crippen LogP contribution in [-0.2, 0) is 17.5 Å². The standard InChI is InChI=1S/C27H23F3N4O3/c28-27(29,30)21-9-4-8-20(16-21)24-11-10-22(37-24)17-23(33-25(35)19-6-2-1-3-7-19)26(36)32-12-5-14-34-15-13-31-18-34/h1-4,6-11,13,15-18H,5,12,14H2,(H,32,36)(H,33,35)/b23-17-. The van der Waals surface area contributed by atoms with Crippen LogP contribution < -0.4 is 10.6 Å². The van der Waals surface area contributed by atoms with E-state index in [-0.39, 0.29) is 22.8 Å². The second-order valence-corrected chi connectivity index (χ2v) is 8.07. The molecule has 0 aliphatic rings. The number of nitrogens with zero attached hydrogens (tertiary/aromatic N) is 2. The van der Waals surface area contributed by atoms with Crippen molar-refractivity contribution in [3.63, 3.8) is 0 Å². The van der Waals surface area contributed by atoms with Crippen LogP contribution in [0.3, 0.4) is 0 Å². The van der Waals surface area contributed by atoms with Crippen molar-refractivity contribution in [2.24, 2.45) is 0 Å². The monoisotopic (exact) mass is 508 g/mol. The smallest absolute Gasteiger partial charge is 0.416 e. The fraction of sp³-hybridized carbons (Fsp3) is 0.148. The van der Waals surface area contributed by atoms with E-state index in [1.54, 1.807) is 42.9 Å². The molecule has 7 nitrogen and oxygen atoms in total. The lowest BCUT2D eigenvalue weighted by molar-refractivity contribution is -0.137. The van der Waals surface area contributed by atoms with E-state index in [1.165, 1.54) is 30.3 Å². The van der Waals surface area contributed by atoms with Crippen LogP contribution in [0.2, 0.25) is 0 Å². The Kier molecular flexibility index (Phi) is 7.87. The van der Waals surface area contributed by atoms with Gasteiger partial charge in [-0.1, -0.05) is 30.3 Å². The van der Waals surface area contributed by atoms with E-state index in [9.17, 15) is 22.8 Å². The van der Waals surface area contributed by atoms with E-state index in [2.05, 4.69) is 15.6 Å². The number of nitrogens with one attached hydrogen (secondary N) is 2. The van der Waals surface area contributed by atoms with E-state index in [1.807, 2.05) is 10.8 Å². The Morgan fingerprint density at radius 2 is 1.84 bits per heavy atom. The second-order valence-electron chi connectivity index (χ2n) is 8.07. The summed E-state index contributed by atoms with van der Waals surface area (Å²) in [6.45, 7) is 0.984. The molecule has 4 aromatic rings. The van der Waals surface area contributed by atoms with Crippen LogP contribution in [0.15, 0.2) is 95.6 Å². The van der Waals surface area contributed by atoms with Crippen LogP contribution in [0.4, 0.5) is 13.2 Å². The highest BCUT2D eigenvalue weighted by atomic mass is 19.4. The molecule has 2 heterocycles. The summed E-state index contributed by atoms with van der Waals surface area (Å²) >= 11 is 0. The maximum Gasteiger partial charge on any atom is 0.416 e. The molecule has 10 heteroatoms. The van der Waals surface area contributed by atoms with Crippen molar-refractivity contribution in [1.82, 2.24) is 20.2 Å². The lowest BCUT2D eigenvalue weighted by Crippen LogP contribution is -2.35. The van der Waals surface area contributed by atoms with Crippen molar-refractivity contribution >= 4 is 17.9 Å². The van der Waals surface area contributed by atoms with E-state index in [4.69, 9.17) is 4.42 Å². The number of furan rings is 1. The number of benzene rings is 2. The van der Waals surface area contributed by atoms with Gasteiger partial charge in [-0.2, -0.15) is 13.2 Å². The highest BCUT2D eigenvalue weighted by Gasteiger charge is 2.30. The second kappa shape index (κ2) is 11.4. The summed E-state index contributed by atoms with van der Waals surface area (Å²) in [7, 11) is 0. The quantitative estimate of drug-likeness (QED) is 0.242.